The number of nitrogens with zero attached hydrogens (tertiary/aromatic N) is 2. The molecular formula is C7H9ClN2O. The molecule has 11 heavy (non-hydrogen) atoms. The molecule has 1 heterocycles. The lowest BCUT2D eigenvalue weighted by atomic mass is 10.4. The van der Waals surface area contributed by atoms with Crippen molar-refractivity contribution in [1.82, 2.24) is 9.55 Å². The smallest absolute Gasteiger partial charge is 0.253 e. The van der Waals surface area contributed by atoms with E-state index in [1.54, 1.807) is 6.92 Å². The second-order valence-corrected chi connectivity index (χ2v) is 2.63. The molecule has 0 aliphatic carbocycles. The van der Waals surface area contributed by atoms with Crippen LogP contribution in [0.15, 0.2) is 17.2 Å². The van der Waals surface area contributed by atoms with Crippen LogP contribution < -0.4 is 5.56 Å². The first kappa shape index (κ1) is 8.27. The average molecular weight is 173 g/mol. The molecule has 0 aliphatic heterocycles. The maximum Gasteiger partial charge on any atom is 0.253 e. The van der Waals surface area contributed by atoms with Gasteiger partial charge in [0.2, 0.25) is 0 Å². The van der Waals surface area contributed by atoms with Crippen molar-refractivity contribution in [3.63, 3.8) is 0 Å². The van der Waals surface area contributed by atoms with Crippen LogP contribution in [-0.2, 0) is 6.54 Å². The molecule has 0 amide bonds. The molecule has 0 fully saturated rings. The summed E-state index contributed by atoms with van der Waals surface area (Å²) in [6, 6.07) is 1.49. The van der Waals surface area contributed by atoms with Crippen molar-refractivity contribution >= 4 is 11.6 Å². The van der Waals surface area contributed by atoms with E-state index in [2.05, 4.69) is 4.98 Å². The summed E-state index contributed by atoms with van der Waals surface area (Å²) >= 11 is 5.46. The fraction of sp³-hybridized carbons (Fsp3) is 0.429. The van der Waals surface area contributed by atoms with Crippen molar-refractivity contribution in [1.29, 1.82) is 0 Å². The number of halogens is 1. The molecule has 0 unspecified atom stereocenters. The van der Waals surface area contributed by atoms with E-state index in [0.29, 0.717) is 12.4 Å². The SMILES string of the molecule is Cc1cc(=O)n(CCCl)cn1. The van der Waals surface area contributed by atoms with Gasteiger partial charge in [-0.1, -0.05) is 0 Å². The van der Waals surface area contributed by atoms with Crippen LogP contribution in [0.2, 0.25) is 0 Å². The average Bonchev–Trinajstić information content (AvgIpc) is 1.95. The van der Waals surface area contributed by atoms with Gasteiger partial charge in [0.05, 0.1) is 6.33 Å². The van der Waals surface area contributed by atoms with Crippen molar-refractivity contribution in [3.05, 3.63) is 28.4 Å². The van der Waals surface area contributed by atoms with Crippen LogP contribution in [0, 0.1) is 6.92 Å². The number of rotatable bonds is 2. The molecule has 0 bridgehead atoms. The predicted octanol–water partition coefficient (Wildman–Crippen LogP) is 0.791. The van der Waals surface area contributed by atoms with E-state index < -0.39 is 0 Å². The first-order valence-electron chi connectivity index (χ1n) is 3.33. The molecule has 0 aliphatic rings. The Labute approximate surface area is 69.6 Å². The highest BCUT2D eigenvalue weighted by molar-refractivity contribution is 6.17. The van der Waals surface area contributed by atoms with E-state index in [4.69, 9.17) is 11.6 Å². The lowest BCUT2D eigenvalue weighted by Crippen LogP contribution is -2.20. The Balaban J connectivity index is 3.00. The van der Waals surface area contributed by atoms with Crippen LogP contribution in [0.3, 0.4) is 0 Å². The van der Waals surface area contributed by atoms with Gasteiger partial charge < -0.3 is 0 Å². The van der Waals surface area contributed by atoms with E-state index in [1.807, 2.05) is 0 Å². The fourth-order valence-corrected chi connectivity index (χ4v) is 0.958. The summed E-state index contributed by atoms with van der Waals surface area (Å²) < 4.78 is 1.49. The molecule has 0 N–H and O–H groups in total. The molecule has 0 spiro atoms. The Morgan fingerprint density at radius 2 is 2.45 bits per heavy atom. The van der Waals surface area contributed by atoms with Crippen LogP contribution in [0.1, 0.15) is 5.69 Å². The molecule has 0 saturated carbocycles. The van der Waals surface area contributed by atoms with Crippen molar-refractivity contribution in [2.75, 3.05) is 5.88 Å². The zero-order chi connectivity index (χ0) is 8.27. The molecule has 0 aromatic carbocycles. The Morgan fingerprint density at radius 3 is 3.00 bits per heavy atom. The molecule has 1 aromatic rings. The van der Waals surface area contributed by atoms with E-state index in [9.17, 15) is 4.79 Å². The van der Waals surface area contributed by atoms with E-state index in [-0.39, 0.29) is 5.56 Å². The highest BCUT2D eigenvalue weighted by Crippen LogP contribution is 1.85. The summed E-state index contributed by atoms with van der Waals surface area (Å²) in [5, 5.41) is 0. The normalized spacial score (nSPS) is 10.0. The molecule has 0 atom stereocenters. The lowest BCUT2D eigenvalue weighted by molar-refractivity contribution is 0.706. The summed E-state index contributed by atoms with van der Waals surface area (Å²) in [6.07, 6.45) is 1.51. The monoisotopic (exact) mass is 172 g/mol. The minimum absolute atomic E-state index is 0.0434. The van der Waals surface area contributed by atoms with Gasteiger partial charge in [0.15, 0.2) is 0 Å². The van der Waals surface area contributed by atoms with Gasteiger partial charge in [-0.05, 0) is 6.92 Å². The summed E-state index contributed by atoms with van der Waals surface area (Å²) in [6.45, 7) is 2.31. The highest BCUT2D eigenvalue weighted by Gasteiger charge is 1.94. The summed E-state index contributed by atoms with van der Waals surface area (Å²) in [5.74, 6) is 0.435. The topological polar surface area (TPSA) is 34.9 Å². The molecule has 0 saturated heterocycles. The van der Waals surface area contributed by atoms with Crippen LogP contribution in [-0.4, -0.2) is 15.4 Å². The molecule has 1 rings (SSSR count). The zero-order valence-electron chi connectivity index (χ0n) is 6.25. The third-order valence-corrected chi connectivity index (χ3v) is 1.51. The van der Waals surface area contributed by atoms with Gasteiger partial charge >= 0.3 is 0 Å². The maximum atomic E-state index is 11.1. The second-order valence-electron chi connectivity index (χ2n) is 2.25. The van der Waals surface area contributed by atoms with Gasteiger partial charge in [0.25, 0.3) is 5.56 Å². The number of hydrogen-bond acceptors (Lipinski definition) is 2. The van der Waals surface area contributed by atoms with Gasteiger partial charge in [0, 0.05) is 24.2 Å². The summed E-state index contributed by atoms with van der Waals surface area (Å²) in [7, 11) is 0. The van der Waals surface area contributed by atoms with Crippen LogP contribution >= 0.6 is 11.6 Å². The third-order valence-electron chi connectivity index (χ3n) is 1.34. The van der Waals surface area contributed by atoms with Gasteiger partial charge in [-0.2, -0.15) is 0 Å². The van der Waals surface area contributed by atoms with E-state index in [1.165, 1.54) is 17.0 Å². The second kappa shape index (κ2) is 3.53. The molecular weight excluding hydrogens is 164 g/mol. The quantitative estimate of drug-likeness (QED) is 0.619. The minimum Gasteiger partial charge on any atom is -0.298 e. The largest absolute Gasteiger partial charge is 0.298 e. The third kappa shape index (κ3) is 2.05. The number of aryl methyl sites for hydroxylation is 2. The first-order valence-corrected chi connectivity index (χ1v) is 3.86. The Hall–Kier alpha value is -0.830. The zero-order valence-corrected chi connectivity index (χ0v) is 7.01. The molecule has 1 aromatic heterocycles. The lowest BCUT2D eigenvalue weighted by Gasteiger charge is -2.00. The standard InChI is InChI=1S/C7H9ClN2O/c1-6-4-7(11)10(3-2-8)5-9-6/h4-5H,2-3H2,1H3. The van der Waals surface area contributed by atoms with Crippen molar-refractivity contribution < 1.29 is 0 Å². The molecule has 3 nitrogen and oxygen atoms in total. The first-order chi connectivity index (χ1) is 5.24. The number of hydrogen-bond donors (Lipinski definition) is 0. The van der Waals surface area contributed by atoms with Crippen LogP contribution in [0.5, 0.6) is 0 Å². The Kier molecular flexibility index (Phi) is 2.65. The molecule has 0 radical (unpaired) electrons. The van der Waals surface area contributed by atoms with Crippen molar-refractivity contribution in [3.8, 4) is 0 Å². The number of aromatic nitrogens is 2. The van der Waals surface area contributed by atoms with Crippen LogP contribution in [0.25, 0.3) is 0 Å². The molecule has 4 heteroatoms. The number of alkyl halides is 1. The van der Waals surface area contributed by atoms with Crippen LogP contribution in [0.4, 0.5) is 0 Å². The highest BCUT2D eigenvalue weighted by atomic mass is 35.5. The van der Waals surface area contributed by atoms with Gasteiger partial charge in [-0.25, -0.2) is 4.98 Å². The van der Waals surface area contributed by atoms with Crippen molar-refractivity contribution in [2.45, 2.75) is 13.5 Å². The summed E-state index contributed by atoms with van der Waals surface area (Å²) in [5.41, 5.74) is 0.693. The van der Waals surface area contributed by atoms with Gasteiger partial charge in [-0.15, -0.1) is 11.6 Å². The van der Waals surface area contributed by atoms with Crippen molar-refractivity contribution in [2.24, 2.45) is 0 Å². The van der Waals surface area contributed by atoms with E-state index in [0.717, 1.165) is 5.69 Å². The minimum atomic E-state index is -0.0434. The van der Waals surface area contributed by atoms with E-state index >= 15 is 0 Å². The Bertz CT molecular complexity index is 295. The Morgan fingerprint density at radius 1 is 1.73 bits per heavy atom. The van der Waals surface area contributed by atoms with Gasteiger partial charge in [0.1, 0.15) is 0 Å². The molecule has 60 valence electrons. The van der Waals surface area contributed by atoms with Gasteiger partial charge in [-0.3, -0.25) is 9.36 Å². The summed E-state index contributed by atoms with van der Waals surface area (Å²) in [4.78, 5) is 15.1. The fourth-order valence-electron chi connectivity index (χ4n) is 0.776. The maximum absolute atomic E-state index is 11.1. The predicted molar refractivity (Wildman–Crippen MR) is 44.0 cm³/mol.